The van der Waals surface area contributed by atoms with E-state index >= 15 is 0 Å². The molecule has 1 amide bonds. The van der Waals surface area contributed by atoms with Crippen molar-refractivity contribution in [2.24, 2.45) is 17.8 Å². The summed E-state index contributed by atoms with van der Waals surface area (Å²) in [5, 5.41) is -0.0528. The minimum atomic E-state index is -3.99. The second-order valence-corrected chi connectivity index (χ2v) is 19.4. The minimum Gasteiger partial charge on any atom is -0.489 e. The molecule has 1 N–H and O–H groups in total. The molecule has 12 heteroatoms. The van der Waals surface area contributed by atoms with Gasteiger partial charge in [-0.3, -0.25) is 14.6 Å². The van der Waals surface area contributed by atoms with E-state index in [4.69, 9.17) is 26.1 Å². The summed E-state index contributed by atoms with van der Waals surface area (Å²) < 4.78 is 43.0. The number of benzene rings is 1. The molecule has 3 fully saturated rings. The number of piperazine rings is 1. The second-order valence-electron chi connectivity index (χ2n) is 16.9. The number of amides is 1. The molecule has 1 saturated carbocycles. The molecule has 2 bridgehead atoms. The van der Waals surface area contributed by atoms with Crippen molar-refractivity contribution in [3.63, 3.8) is 0 Å². The average molecular weight is 766 g/mol. The van der Waals surface area contributed by atoms with Gasteiger partial charge in [-0.25, -0.2) is 18.1 Å². The van der Waals surface area contributed by atoms with E-state index < -0.39 is 26.8 Å². The lowest BCUT2D eigenvalue weighted by Crippen LogP contribution is -2.61. The monoisotopic (exact) mass is 765 g/mol. The van der Waals surface area contributed by atoms with Crippen molar-refractivity contribution >= 4 is 33.3 Å². The highest BCUT2D eigenvalue weighted by Crippen LogP contribution is 2.49. The number of fused-ring (bicyclic) bond motifs is 5. The molecule has 53 heavy (non-hydrogen) atoms. The number of hydrogen-bond donors (Lipinski definition) is 1. The molecular weight excluding hydrogens is 710 g/mol. The van der Waals surface area contributed by atoms with Crippen LogP contribution in [0.2, 0.25) is 5.02 Å². The van der Waals surface area contributed by atoms with E-state index in [-0.39, 0.29) is 22.9 Å². The Morgan fingerprint density at radius 1 is 1.06 bits per heavy atom. The number of ether oxygens (including phenoxy) is 2. The number of nitrogens with zero attached hydrogens (tertiary/aromatic N) is 4. The Morgan fingerprint density at radius 2 is 1.92 bits per heavy atom. The summed E-state index contributed by atoms with van der Waals surface area (Å²) >= 11 is 6.50. The fraction of sp³-hybridized carbons (Fsp3) is 0.659. The van der Waals surface area contributed by atoms with Crippen molar-refractivity contribution in [1.29, 1.82) is 0 Å². The number of aryl methyl sites for hydroxylation is 1. The Labute approximate surface area is 320 Å². The van der Waals surface area contributed by atoms with Gasteiger partial charge in [-0.15, -0.1) is 0 Å². The minimum absolute atomic E-state index is 0.0674. The van der Waals surface area contributed by atoms with Crippen LogP contribution >= 0.6 is 11.6 Å². The first-order valence-corrected chi connectivity index (χ1v) is 21.8. The van der Waals surface area contributed by atoms with Crippen LogP contribution in [-0.4, -0.2) is 106 Å². The Kier molecular flexibility index (Phi) is 10.4. The van der Waals surface area contributed by atoms with Crippen LogP contribution in [0.3, 0.4) is 0 Å². The van der Waals surface area contributed by atoms with Crippen molar-refractivity contribution in [1.82, 2.24) is 19.5 Å². The van der Waals surface area contributed by atoms with Crippen LogP contribution in [0.25, 0.3) is 0 Å². The van der Waals surface area contributed by atoms with Gasteiger partial charge in [0.15, 0.2) is 11.6 Å². The van der Waals surface area contributed by atoms with Crippen molar-refractivity contribution in [2.45, 2.75) is 93.9 Å². The highest BCUT2D eigenvalue weighted by molar-refractivity contribution is 7.90. The summed E-state index contributed by atoms with van der Waals surface area (Å²) in [5.74, 6) is 0.837. The second kappa shape index (κ2) is 14.8. The smallest absolute Gasteiger partial charge is 0.283 e. The molecule has 2 aliphatic carbocycles. The van der Waals surface area contributed by atoms with E-state index in [9.17, 15) is 13.2 Å². The molecule has 1 spiro atoms. The predicted molar refractivity (Wildman–Crippen MR) is 208 cm³/mol. The average Bonchev–Trinajstić information content (AvgIpc) is 3.28. The quantitative estimate of drug-likeness (QED) is 0.387. The molecular formula is C41H56ClN5O5S. The number of hydrogen-bond acceptors (Lipinski definition) is 9. The van der Waals surface area contributed by atoms with Gasteiger partial charge in [0.05, 0.1) is 11.9 Å². The molecule has 8 rings (SSSR count). The predicted octanol–water partition coefficient (Wildman–Crippen LogP) is 5.83. The van der Waals surface area contributed by atoms with Gasteiger partial charge >= 0.3 is 0 Å². The van der Waals surface area contributed by atoms with Crippen LogP contribution in [-0.2, 0) is 26.6 Å². The van der Waals surface area contributed by atoms with E-state index in [1.165, 1.54) is 36.9 Å². The summed E-state index contributed by atoms with van der Waals surface area (Å²) in [4.78, 5) is 26.2. The van der Waals surface area contributed by atoms with Crippen LogP contribution in [0.5, 0.6) is 5.75 Å². The van der Waals surface area contributed by atoms with Crippen LogP contribution in [0.4, 0.5) is 5.82 Å². The molecule has 1 aromatic heterocycles. The molecule has 288 valence electrons. The van der Waals surface area contributed by atoms with Gasteiger partial charge in [-0.05, 0) is 118 Å². The van der Waals surface area contributed by atoms with Crippen LogP contribution < -0.4 is 14.4 Å². The summed E-state index contributed by atoms with van der Waals surface area (Å²) in [5.41, 5.74) is 1.77. The third kappa shape index (κ3) is 7.14. The van der Waals surface area contributed by atoms with E-state index in [0.717, 1.165) is 69.9 Å². The number of nitrogens with one attached hydrogen (secondary N) is 1. The van der Waals surface area contributed by atoms with Gasteiger partial charge < -0.3 is 14.4 Å². The number of methoxy groups -OCH3 is 1. The summed E-state index contributed by atoms with van der Waals surface area (Å²) in [6.07, 6.45) is 13.9. The maximum atomic E-state index is 13.6. The number of carbonyl (C=O) groups excluding carboxylic acids is 1. The molecule has 7 atom stereocenters. The topological polar surface area (TPSA) is 104 Å². The number of piperidine rings is 1. The lowest BCUT2D eigenvalue weighted by atomic mass is 9.63. The number of sulfonamides is 1. The van der Waals surface area contributed by atoms with Gasteiger partial charge in [0.2, 0.25) is 10.0 Å². The SMILES string of the molecule is CO[C@]1(CN2CCN3CCCC[C@@H]3C2)/C=C\C[C@H](C)[C@@H](C)S(=O)(=O)NC(=O)c2ccc3c(n2)N(C[C@@H]2CC[C@H]21)C[C@@]1(CCCc2cc(Cl)ccc21)CO3. The fourth-order valence-corrected chi connectivity index (χ4v) is 11.8. The Bertz CT molecular complexity index is 1840. The number of allylic oxidation sites excluding steroid dienone is 1. The van der Waals surface area contributed by atoms with Gasteiger partial charge in [-0.2, -0.15) is 0 Å². The lowest BCUT2D eigenvalue weighted by Gasteiger charge is -2.53. The first-order chi connectivity index (χ1) is 25.5. The van der Waals surface area contributed by atoms with Crippen molar-refractivity contribution in [3.8, 4) is 5.75 Å². The standard InChI is InChI=1S/C41H56ClN5O5S/c1-28-8-6-18-41(51-3,26-45-20-21-46-19-5-4-10-33(46)24-45)35-13-11-31(35)23-47-25-40(17-7-9-30-22-32(42)12-14-34(30)40)27-52-37-16-15-36(43-38(37)47)39(48)44-53(49,50)29(28)2/h6,12,14-16,18,22,28-29,31,33,35H,4-5,7-11,13,17,19-21,23-27H2,1-3H3,(H,44,48)/b18-6-/t28-,29+,31-,33+,35+,40-,41-/m0/s1. The van der Waals surface area contributed by atoms with Crippen LogP contribution in [0.1, 0.15) is 86.8 Å². The zero-order valence-corrected chi connectivity index (χ0v) is 33.1. The largest absolute Gasteiger partial charge is 0.489 e. The Morgan fingerprint density at radius 3 is 2.74 bits per heavy atom. The fourth-order valence-electron chi connectivity index (χ4n) is 10.4. The Hall–Kier alpha value is -2.70. The first-order valence-electron chi connectivity index (χ1n) is 19.9. The van der Waals surface area contributed by atoms with Crippen molar-refractivity contribution < 1.29 is 22.7 Å². The van der Waals surface area contributed by atoms with Gasteiger partial charge in [0.1, 0.15) is 11.3 Å². The first kappa shape index (κ1) is 37.2. The van der Waals surface area contributed by atoms with Gasteiger partial charge in [0.25, 0.3) is 5.91 Å². The zero-order chi connectivity index (χ0) is 37.0. The van der Waals surface area contributed by atoms with Crippen molar-refractivity contribution in [3.05, 3.63) is 64.3 Å². The molecule has 0 unspecified atom stereocenters. The van der Waals surface area contributed by atoms with E-state index in [2.05, 4.69) is 43.7 Å². The number of aromatic nitrogens is 1. The molecule has 5 heterocycles. The molecule has 0 radical (unpaired) electrons. The molecule has 6 aliphatic rings. The van der Waals surface area contributed by atoms with Crippen molar-refractivity contribution in [2.75, 3.05) is 64.4 Å². The number of pyridine rings is 1. The van der Waals surface area contributed by atoms with Crippen LogP contribution in [0, 0.1) is 17.8 Å². The normalized spacial score (nSPS) is 35.4. The van der Waals surface area contributed by atoms with E-state index in [1.54, 1.807) is 19.1 Å². The number of carbonyl (C=O) groups is 1. The molecule has 1 aromatic carbocycles. The third-order valence-electron chi connectivity index (χ3n) is 13.8. The summed E-state index contributed by atoms with van der Waals surface area (Å²) in [6.45, 7) is 10.7. The van der Waals surface area contributed by atoms with Crippen LogP contribution in [0.15, 0.2) is 42.5 Å². The molecule has 4 aliphatic heterocycles. The number of halogens is 1. The maximum absolute atomic E-state index is 13.6. The lowest BCUT2D eigenvalue weighted by molar-refractivity contribution is -0.100. The Balaban J connectivity index is 1.19. The maximum Gasteiger partial charge on any atom is 0.283 e. The zero-order valence-electron chi connectivity index (χ0n) is 31.6. The number of anilines is 1. The molecule has 2 aromatic rings. The summed E-state index contributed by atoms with van der Waals surface area (Å²) in [6, 6.07) is 10.2. The highest BCUT2D eigenvalue weighted by Gasteiger charge is 2.50. The molecule has 2 saturated heterocycles. The van der Waals surface area contributed by atoms with E-state index in [0.29, 0.717) is 43.1 Å². The molecule has 10 nitrogen and oxygen atoms in total. The third-order valence-corrected chi connectivity index (χ3v) is 16.0. The highest BCUT2D eigenvalue weighted by atomic mass is 35.5. The number of rotatable bonds is 3. The van der Waals surface area contributed by atoms with Gasteiger partial charge in [-0.1, -0.05) is 43.2 Å². The van der Waals surface area contributed by atoms with Gasteiger partial charge in [0, 0.05) is 62.9 Å². The summed E-state index contributed by atoms with van der Waals surface area (Å²) in [7, 11) is -2.12. The van der Waals surface area contributed by atoms with E-state index in [1.807, 2.05) is 20.1 Å².